The molecule has 106 valence electrons. The number of nitrogens with zero attached hydrogens (tertiary/aromatic N) is 1. The van der Waals surface area contributed by atoms with Crippen LogP contribution in [0.25, 0.3) is 0 Å². The van der Waals surface area contributed by atoms with Gasteiger partial charge in [-0.05, 0) is 44.5 Å². The largest absolute Gasteiger partial charge is 0.315 e. The molecule has 0 bridgehead atoms. The quantitative estimate of drug-likeness (QED) is 0.771. The maximum absolute atomic E-state index is 3.53. The van der Waals surface area contributed by atoms with E-state index < -0.39 is 0 Å². The smallest absolute Gasteiger partial charge is 0.0221 e. The summed E-state index contributed by atoms with van der Waals surface area (Å²) in [6.45, 7) is 7.11. The van der Waals surface area contributed by atoms with Crippen molar-refractivity contribution in [3.63, 3.8) is 0 Å². The molecule has 19 heavy (non-hydrogen) atoms. The summed E-state index contributed by atoms with van der Waals surface area (Å²) in [5.74, 6) is 1.19. The highest BCUT2D eigenvalue weighted by Crippen LogP contribution is 2.18. The molecule has 1 aromatic rings. The molecule has 1 unspecified atom stereocenters. The lowest BCUT2D eigenvalue weighted by atomic mass is 10.1. The average Bonchev–Trinajstić information content (AvgIpc) is 2.48. The monoisotopic (exact) mass is 278 g/mol. The molecule has 0 aromatic heterocycles. The van der Waals surface area contributed by atoms with Crippen molar-refractivity contribution in [1.29, 1.82) is 0 Å². The Bertz CT molecular complexity index is 336. The van der Waals surface area contributed by atoms with Gasteiger partial charge in [-0.25, -0.2) is 0 Å². The van der Waals surface area contributed by atoms with Crippen LogP contribution in [0.4, 0.5) is 0 Å². The van der Waals surface area contributed by atoms with Gasteiger partial charge in [-0.3, -0.25) is 4.90 Å². The van der Waals surface area contributed by atoms with Crippen molar-refractivity contribution in [2.75, 3.05) is 31.9 Å². The minimum absolute atomic E-state index is 0.755. The van der Waals surface area contributed by atoms with E-state index in [-0.39, 0.29) is 0 Å². The Balaban J connectivity index is 1.76. The Labute approximate surface area is 122 Å². The van der Waals surface area contributed by atoms with Gasteiger partial charge in [-0.2, -0.15) is 0 Å². The van der Waals surface area contributed by atoms with Crippen molar-refractivity contribution in [3.05, 3.63) is 30.3 Å². The van der Waals surface area contributed by atoms with Crippen molar-refractivity contribution in [2.24, 2.45) is 0 Å². The molecular weight excluding hydrogens is 252 g/mol. The molecule has 1 atom stereocenters. The first kappa shape index (κ1) is 14.9. The van der Waals surface area contributed by atoms with Gasteiger partial charge in [-0.15, -0.1) is 11.8 Å². The summed E-state index contributed by atoms with van der Waals surface area (Å²) in [7, 11) is 0. The zero-order valence-electron chi connectivity index (χ0n) is 12.0. The lowest BCUT2D eigenvalue weighted by Crippen LogP contribution is -2.47. The Morgan fingerprint density at radius 2 is 2.11 bits per heavy atom. The molecule has 1 aromatic carbocycles. The number of nitrogens with one attached hydrogen (secondary N) is 1. The van der Waals surface area contributed by atoms with Gasteiger partial charge < -0.3 is 5.32 Å². The molecule has 1 fully saturated rings. The van der Waals surface area contributed by atoms with E-state index in [2.05, 4.69) is 47.5 Å². The molecule has 2 nitrogen and oxygen atoms in total. The first-order chi connectivity index (χ1) is 9.40. The predicted octanol–water partition coefficient (Wildman–Crippen LogP) is 3.24. The highest BCUT2D eigenvalue weighted by molar-refractivity contribution is 7.99. The van der Waals surface area contributed by atoms with Crippen molar-refractivity contribution in [3.8, 4) is 0 Å². The molecule has 1 heterocycles. The van der Waals surface area contributed by atoms with Crippen LogP contribution in [0.15, 0.2) is 35.2 Å². The lowest BCUT2D eigenvalue weighted by Gasteiger charge is -2.34. The summed E-state index contributed by atoms with van der Waals surface area (Å²) in [5, 5.41) is 3.53. The van der Waals surface area contributed by atoms with E-state index in [0.29, 0.717) is 0 Å². The first-order valence-corrected chi connectivity index (χ1v) is 8.51. The summed E-state index contributed by atoms with van der Waals surface area (Å²) in [6.07, 6.45) is 3.95. The Hall–Kier alpha value is -0.510. The number of hydrogen-bond acceptors (Lipinski definition) is 3. The third-order valence-corrected chi connectivity index (χ3v) is 4.68. The SMILES string of the molecule is CCCN(CCSc1ccccc1)C1CCCNC1. The molecule has 1 aliphatic rings. The van der Waals surface area contributed by atoms with Gasteiger partial charge in [-0.1, -0.05) is 25.1 Å². The second kappa shape index (κ2) is 8.62. The van der Waals surface area contributed by atoms with E-state index in [0.717, 1.165) is 6.04 Å². The van der Waals surface area contributed by atoms with E-state index in [9.17, 15) is 0 Å². The average molecular weight is 278 g/mol. The normalized spacial score (nSPS) is 19.8. The van der Waals surface area contributed by atoms with Gasteiger partial charge in [0.05, 0.1) is 0 Å². The number of thioether (sulfide) groups is 1. The number of benzene rings is 1. The van der Waals surface area contributed by atoms with Crippen LogP contribution in [-0.2, 0) is 0 Å². The lowest BCUT2D eigenvalue weighted by molar-refractivity contribution is 0.176. The van der Waals surface area contributed by atoms with Crippen molar-refractivity contribution < 1.29 is 0 Å². The van der Waals surface area contributed by atoms with Crippen LogP contribution in [0.2, 0.25) is 0 Å². The fourth-order valence-electron chi connectivity index (χ4n) is 2.71. The van der Waals surface area contributed by atoms with Crippen LogP contribution in [0, 0.1) is 0 Å². The summed E-state index contributed by atoms with van der Waals surface area (Å²) in [5.41, 5.74) is 0. The molecule has 2 rings (SSSR count). The molecule has 0 spiro atoms. The van der Waals surface area contributed by atoms with E-state index in [1.165, 1.54) is 56.1 Å². The van der Waals surface area contributed by atoms with Crippen LogP contribution in [0.3, 0.4) is 0 Å². The summed E-state index contributed by atoms with van der Waals surface area (Å²) in [4.78, 5) is 4.07. The van der Waals surface area contributed by atoms with Crippen LogP contribution < -0.4 is 5.32 Å². The second-order valence-corrected chi connectivity index (χ2v) is 6.37. The van der Waals surface area contributed by atoms with Crippen LogP contribution in [-0.4, -0.2) is 42.9 Å². The fourth-order valence-corrected chi connectivity index (χ4v) is 3.62. The van der Waals surface area contributed by atoms with Crippen LogP contribution >= 0.6 is 11.8 Å². The van der Waals surface area contributed by atoms with Crippen molar-refractivity contribution in [2.45, 2.75) is 37.1 Å². The highest BCUT2D eigenvalue weighted by Gasteiger charge is 2.19. The zero-order valence-corrected chi connectivity index (χ0v) is 12.8. The fraction of sp³-hybridized carbons (Fsp3) is 0.625. The van der Waals surface area contributed by atoms with Gasteiger partial charge >= 0.3 is 0 Å². The topological polar surface area (TPSA) is 15.3 Å². The van der Waals surface area contributed by atoms with Gasteiger partial charge in [0.1, 0.15) is 0 Å². The maximum atomic E-state index is 3.53. The van der Waals surface area contributed by atoms with Gasteiger partial charge in [0.2, 0.25) is 0 Å². The van der Waals surface area contributed by atoms with Crippen LogP contribution in [0.1, 0.15) is 26.2 Å². The van der Waals surface area contributed by atoms with Gasteiger partial charge in [0.15, 0.2) is 0 Å². The molecule has 0 amide bonds. The third-order valence-electron chi connectivity index (χ3n) is 3.69. The Kier molecular flexibility index (Phi) is 6.75. The third kappa shape index (κ3) is 5.17. The molecular formula is C16H26N2S. The van der Waals surface area contributed by atoms with Gasteiger partial charge in [0, 0.05) is 29.8 Å². The van der Waals surface area contributed by atoms with Crippen molar-refractivity contribution >= 4 is 11.8 Å². The number of hydrogen-bond donors (Lipinski definition) is 1. The van der Waals surface area contributed by atoms with E-state index >= 15 is 0 Å². The van der Waals surface area contributed by atoms with E-state index in [1.807, 2.05) is 11.8 Å². The van der Waals surface area contributed by atoms with E-state index in [1.54, 1.807) is 0 Å². The number of piperidine rings is 1. The Morgan fingerprint density at radius 3 is 2.79 bits per heavy atom. The molecule has 0 radical (unpaired) electrons. The molecule has 0 saturated carbocycles. The Morgan fingerprint density at radius 1 is 1.26 bits per heavy atom. The highest BCUT2D eigenvalue weighted by atomic mass is 32.2. The molecule has 1 N–H and O–H groups in total. The molecule has 1 saturated heterocycles. The molecule has 0 aliphatic carbocycles. The molecule has 3 heteroatoms. The summed E-state index contributed by atoms with van der Waals surface area (Å²) >= 11 is 1.98. The first-order valence-electron chi connectivity index (χ1n) is 7.52. The van der Waals surface area contributed by atoms with Crippen LogP contribution in [0.5, 0.6) is 0 Å². The minimum atomic E-state index is 0.755. The van der Waals surface area contributed by atoms with Gasteiger partial charge in [0.25, 0.3) is 0 Å². The number of rotatable bonds is 7. The zero-order chi connectivity index (χ0) is 13.3. The molecule has 1 aliphatic heterocycles. The summed E-state index contributed by atoms with van der Waals surface area (Å²) < 4.78 is 0. The summed E-state index contributed by atoms with van der Waals surface area (Å²) in [6, 6.07) is 11.5. The minimum Gasteiger partial charge on any atom is -0.315 e. The predicted molar refractivity (Wildman–Crippen MR) is 84.9 cm³/mol. The van der Waals surface area contributed by atoms with Crippen molar-refractivity contribution in [1.82, 2.24) is 10.2 Å². The standard InChI is InChI=1S/C16H26N2S/c1-2-11-18(15-7-6-10-17-14-15)12-13-19-16-8-4-3-5-9-16/h3-5,8-9,15,17H,2,6-7,10-14H2,1H3. The maximum Gasteiger partial charge on any atom is 0.0221 e. The van der Waals surface area contributed by atoms with E-state index in [4.69, 9.17) is 0 Å². The second-order valence-electron chi connectivity index (χ2n) is 5.20.